The van der Waals surface area contributed by atoms with Gasteiger partial charge in [0.05, 0.1) is 5.75 Å². The molecular weight excluding hydrogens is 446 g/mol. The number of carbonyl (C=O) groups excluding carboxylic acids is 1. The molecule has 3 aromatic heterocycles. The van der Waals surface area contributed by atoms with E-state index in [4.69, 9.17) is 5.73 Å². The monoisotopic (exact) mass is 473 g/mol. The third-order valence-corrected chi connectivity index (χ3v) is 7.80. The predicted molar refractivity (Wildman–Crippen MR) is 129 cm³/mol. The van der Waals surface area contributed by atoms with Gasteiger partial charge in [0.1, 0.15) is 27.1 Å². The lowest BCUT2D eigenvalue weighted by Gasteiger charge is -2.16. The van der Waals surface area contributed by atoms with Crippen LogP contribution in [0.15, 0.2) is 14.6 Å². The second kappa shape index (κ2) is 8.82. The Bertz CT molecular complexity index is 1340. The highest BCUT2D eigenvalue weighted by Gasteiger charge is 2.24. The number of fused-ring (bicyclic) bond motifs is 3. The van der Waals surface area contributed by atoms with Gasteiger partial charge in [-0.2, -0.15) is 0 Å². The van der Waals surface area contributed by atoms with Gasteiger partial charge in [-0.15, -0.1) is 11.3 Å². The van der Waals surface area contributed by atoms with Crippen molar-refractivity contribution in [2.75, 3.05) is 11.5 Å². The van der Waals surface area contributed by atoms with E-state index in [1.807, 2.05) is 20.8 Å². The van der Waals surface area contributed by atoms with Crippen molar-refractivity contribution in [1.82, 2.24) is 19.1 Å². The molecule has 32 heavy (non-hydrogen) atoms. The van der Waals surface area contributed by atoms with Gasteiger partial charge in [0.15, 0.2) is 5.78 Å². The first-order chi connectivity index (χ1) is 15.2. The van der Waals surface area contributed by atoms with Gasteiger partial charge in [-0.3, -0.25) is 18.7 Å². The van der Waals surface area contributed by atoms with E-state index >= 15 is 0 Å². The Morgan fingerprint density at radius 1 is 1.22 bits per heavy atom. The summed E-state index contributed by atoms with van der Waals surface area (Å²) in [7, 11) is 1.37. The number of rotatable bonds is 6. The van der Waals surface area contributed by atoms with Crippen molar-refractivity contribution in [2.24, 2.45) is 13.0 Å². The molecule has 0 saturated carbocycles. The van der Waals surface area contributed by atoms with E-state index in [9.17, 15) is 14.4 Å². The van der Waals surface area contributed by atoms with E-state index in [-0.39, 0.29) is 23.1 Å². The summed E-state index contributed by atoms with van der Waals surface area (Å²) in [5.41, 5.74) is 6.16. The molecule has 0 fully saturated rings. The van der Waals surface area contributed by atoms with Crippen LogP contribution in [0.3, 0.4) is 0 Å². The number of hydrogen-bond donors (Lipinski definition) is 1. The molecule has 0 aromatic carbocycles. The predicted octanol–water partition coefficient (Wildman–Crippen LogP) is 2.95. The Morgan fingerprint density at radius 3 is 2.66 bits per heavy atom. The first-order valence-corrected chi connectivity index (χ1v) is 12.5. The molecule has 4 rings (SSSR count). The molecule has 170 valence electrons. The van der Waals surface area contributed by atoms with Gasteiger partial charge >= 0.3 is 5.69 Å². The van der Waals surface area contributed by atoms with Crippen LogP contribution in [0, 0.1) is 12.8 Å². The average molecular weight is 474 g/mol. The number of thioether (sulfide) groups is 1. The average Bonchev–Trinajstić information content (AvgIpc) is 3.11. The maximum Gasteiger partial charge on any atom is 0.332 e. The number of nitrogens with zero attached hydrogens (tertiary/aromatic N) is 4. The van der Waals surface area contributed by atoms with Crippen LogP contribution in [-0.4, -0.2) is 30.6 Å². The van der Waals surface area contributed by atoms with E-state index in [1.165, 1.54) is 40.2 Å². The maximum absolute atomic E-state index is 13.1. The van der Waals surface area contributed by atoms with Crippen molar-refractivity contribution >= 4 is 44.9 Å². The smallest absolute Gasteiger partial charge is 0.332 e. The fraction of sp³-hybridized carbons (Fsp3) is 0.500. The summed E-state index contributed by atoms with van der Waals surface area (Å²) < 4.78 is 2.27. The van der Waals surface area contributed by atoms with Crippen LogP contribution in [-0.2, 0) is 26.4 Å². The van der Waals surface area contributed by atoms with Gasteiger partial charge in [0.25, 0.3) is 5.56 Å². The molecule has 3 heterocycles. The number of aryl methyl sites for hydroxylation is 3. The van der Waals surface area contributed by atoms with Gasteiger partial charge in [0, 0.05) is 23.9 Å². The zero-order valence-corrected chi connectivity index (χ0v) is 20.4. The first kappa shape index (κ1) is 22.7. The topological polar surface area (TPSA) is 113 Å². The molecule has 10 heteroatoms. The molecule has 0 radical (unpaired) electrons. The highest BCUT2D eigenvalue weighted by atomic mass is 32.2. The summed E-state index contributed by atoms with van der Waals surface area (Å²) >= 11 is 3.02. The molecule has 0 atom stereocenters. The lowest BCUT2D eigenvalue weighted by molar-refractivity contribution is 0.102. The van der Waals surface area contributed by atoms with Crippen molar-refractivity contribution in [1.29, 1.82) is 0 Å². The van der Waals surface area contributed by atoms with Crippen molar-refractivity contribution in [3.63, 3.8) is 0 Å². The number of hydrogen-bond acceptors (Lipinski definition) is 8. The summed E-state index contributed by atoms with van der Waals surface area (Å²) in [5.74, 6) is 0.336. The molecule has 0 bridgehead atoms. The van der Waals surface area contributed by atoms with Gasteiger partial charge in [-0.1, -0.05) is 25.6 Å². The third kappa shape index (κ3) is 4.01. The molecule has 3 aromatic rings. The quantitative estimate of drug-likeness (QED) is 0.333. The lowest BCUT2D eigenvalue weighted by Crippen LogP contribution is -2.43. The molecule has 0 spiro atoms. The third-order valence-electron chi connectivity index (χ3n) is 5.64. The summed E-state index contributed by atoms with van der Waals surface area (Å²) in [6.45, 7) is 6.07. The fourth-order valence-electron chi connectivity index (χ4n) is 4.12. The van der Waals surface area contributed by atoms with Crippen molar-refractivity contribution in [3.8, 4) is 0 Å². The Balaban J connectivity index is 1.70. The van der Waals surface area contributed by atoms with Crippen LogP contribution in [0.1, 0.15) is 53.3 Å². The minimum atomic E-state index is -0.657. The van der Waals surface area contributed by atoms with E-state index < -0.39 is 17.0 Å². The Labute approximate surface area is 193 Å². The fourth-order valence-corrected chi connectivity index (χ4v) is 6.47. The van der Waals surface area contributed by atoms with Crippen molar-refractivity contribution in [2.45, 2.75) is 58.0 Å². The number of ketones is 1. The molecule has 0 unspecified atom stereocenters. The number of anilines is 1. The molecule has 1 aliphatic rings. The number of aromatic nitrogens is 4. The van der Waals surface area contributed by atoms with E-state index in [2.05, 4.69) is 9.97 Å². The van der Waals surface area contributed by atoms with Crippen LogP contribution in [0.5, 0.6) is 0 Å². The minimum Gasteiger partial charge on any atom is -0.384 e. The highest BCUT2D eigenvalue weighted by molar-refractivity contribution is 8.00. The number of nitrogen functional groups attached to an aromatic ring is 1. The number of Topliss-reactive ketones (excluding diaryl/α,β-unsaturated/α-hetero) is 1. The molecule has 2 N–H and O–H groups in total. The van der Waals surface area contributed by atoms with Crippen molar-refractivity contribution in [3.05, 3.63) is 42.7 Å². The second-order valence-corrected chi connectivity index (χ2v) is 10.6. The minimum absolute atomic E-state index is 0.00942. The number of nitrogens with two attached hydrogens (primary N) is 1. The van der Waals surface area contributed by atoms with Gasteiger partial charge in [-0.05, 0) is 44.1 Å². The summed E-state index contributed by atoms with van der Waals surface area (Å²) in [6, 6.07) is 0. The normalized spacial score (nSPS) is 13.7. The standard InChI is InChI=1S/C22H27N5O3S2/c1-11(2)9-27-18(23)17(21(29)26(4)22(27)30)14(28)10-31-19-16-13-7-5-6-8-15(13)32-20(16)25-12(3)24-19/h11H,5-10,23H2,1-4H3. The highest BCUT2D eigenvalue weighted by Crippen LogP contribution is 2.39. The number of thiophene rings is 1. The van der Waals surface area contributed by atoms with E-state index in [0.29, 0.717) is 12.4 Å². The van der Waals surface area contributed by atoms with Gasteiger partial charge in [0.2, 0.25) is 0 Å². The van der Waals surface area contributed by atoms with Crippen LogP contribution < -0.4 is 17.0 Å². The Kier molecular flexibility index (Phi) is 6.26. The summed E-state index contributed by atoms with van der Waals surface area (Å²) in [6.07, 6.45) is 4.38. The summed E-state index contributed by atoms with van der Waals surface area (Å²) in [5, 5.41) is 1.81. The number of carbonyl (C=O) groups is 1. The van der Waals surface area contributed by atoms with E-state index in [0.717, 1.165) is 39.1 Å². The Morgan fingerprint density at radius 2 is 1.94 bits per heavy atom. The molecular formula is C22H27N5O3S2. The lowest BCUT2D eigenvalue weighted by atomic mass is 9.97. The maximum atomic E-state index is 13.1. The van der Waals surface area contributed by atoms with Gasteiger partial charge in [-0.25, -0.2) is 14.8 Å². The largest absolute Gasteiger partial charge is 0.384 e. The van der Waals surface area contributed by atoms with Crippen molar-refractivity contribution < 1.29 is 4.79 Å². The molecule has 0 aliphatic heterocycles. The van der Waals surface area contributed by atoms with Crippen LogP contribution in [0.25, 0.3) is 10.2 Å². The molecule has 8 nitrogen and oxygen atoms in total. The van der Waals surface area contributed by atoms with E-state index in [1.54, 1.807) is 11.3 Å². The Hall–Kier alpha value is -2.46. The molecule has 1 aliphatic carbocycles. The summed E-state index contributed by atoms with van der Waals surface area (Å²) in [4.78, 5) is 49.9. The zero-order valence-electron chi connectivity index (χ0n) is 18.7. The SMILES string of the molecule is Cc1nc(SCC(=O)c2c(N)n(CC(C)C)c(=O)n(C)c2=O)c2c3c(sc2n1)CCCC3. The van der Waals surface area contributed by atoms with Crippen LogP contribution >= 0.6 is 23.1 Å². The zero-order chi connectivity index (χ0) is 23.2. The second-order valence-electron chi connectivity index (χ2n) is 8.59. The van der Waals surface area contributed by atoms with Crippen LogP contribution in [0.2, 0.25) is 0 Å². The molecule has 0 amide bonds. The first-order valence-electron chi connectivity index (χ1n) is 10.7. The molecule has 0 saturated heterocycles. The van der Waals surface area contributed by atoms with Crippen LogP contribution in [0.4, 0.5) is 5.82 Å². The van der Waals surface area contributed by atoms with Gasteiger partial charge < -0.3 is 5.73 Å².